The van der Waals surface area contributed by atoms with Crippen molar-refractivity contribution in [1.29, 1.82) is 0 Å². The Morgan fingerprint density at radius 1 is 1.09 bits per heavy atom. The second-order valence-electron chi connectivity index (χ2n) is 7.18. The zero-order valence-corrected chi connectivity index (χ0v) is 17.3. The highest BCUT2D eigenvalue weighted by atomic mass is 35.5. The van der Waals surface area contributed by atoms with Crippen molar-refractivity contribution in [3.63, 3.8) is 0 Å². The van der Waals surface area contributed by atoms with Crippen LogP contribution < -0.4 is 4.43 Å². The topological polar surface area (TPSA) is 26.3 Å². The molecule has 0 aliphatic carbocycles. The van der Waals surface area contributed by atoms with Crippen LogP contribution in [-0.2, 0) is 11.2 Å². The van der Waals surface area contributed by atoms with Gasteiger partial charge in [-0.25, -0.2) is 0 Å². The van der Waals surface area contributed by atoms with Crippen LogP contribution in [0.2, 0.25) is 16.6 Å². The van der Waals surface area contributed by atoms with Gasteiger partial charge < -0.3 is 9.22 Å². The van der Waals surface area contributed by atoms with Gasteiger partial charge in [-0.2, -0.15) is 0 Å². The Hall–Kier alpha value is -0.803. The van der Waals surface area contributed by atoms with Gasteiger partial charge >= 0.3 is 0 Å². The highest BCUT2D eigenvalue weighted by Gasteiger charge is 2.47. The Morgan fingerprint density at radius 3 is 2.00 bits per heavy atom. The zero-order valence-electron chi connectivity index (χ0n) is 15.5. The number of hydrogen-bond donors (Lipinski definition) is 0. The minimum Gasteiger partial charge on any atom is -0.543 e. The van der Waals surface area contributed by atoms with E-state index in [1.807, 2.05) is 18.2 Å². The zero-order chi connectivity index (χ0) is 17.8. The van der Waals surface area contributed by atoms with Gasteiger partial charge in [0, 0.05) is 0 Å². The predicted octanol–water partition coefficient (Wildman–Crippen LogP) is 6.28. The van der Waals surface area contributed by atoms with Crippen molar-refractivity contribution in [3.05, 3.63) is 29.3 Å². The Bertz CT molecular complexity index is 504. The number of aryl methyl sites for hydroxylation is 1. The van der Waals surface area contributed by atoms with Gasteiger partial charge in [-0.1, -0.05) is 60.6 Å². The molecule has 0 spiro atoms. The summed E-state index contributed by atoms with van der Waals surface area (Å²) in [4.78, 5) is 10.9. The van der Waals surface area contributed by atoms with E-state index in [-0.39, 0.29) is 0 Å². The molecule has 1 atom stereocenters. The van der Waals surface area contributed by atoms with Crippen LogP contribution in [0.3, 0.4) is 0 Å². The van der Waals surface area contributed by atoms with Gasteiger partial charge in [0.1, 0.15) is 17.4 Å². The van der Waals surface area contributed by atoms with E-state index in [0.717, 1.165) is 29.6 Å². The van der Waals surface area contributed by atoms with Crippen molar-refractivity contribution in [2.24, 2.45) is 0 Å². The lowest BCUT2D eigenvalue weighted by atomic mass is 10.1. The van der Waals surface area contributed by atoms with Crippen LogP contribution in [0.15, 0.2) is 18.2 Å². The fourth-order valence-corrected chi connectivity index (χ4v) is 9.19. The molecular formula is C19H31ClO2Si. The Balaban J connectivity index is 3.31. The normalized spacial score (nSPS) is 13.7. The van der Waals surface area contributed by atoms with E-state index in [4.69, 9.17) is 16.0 Å². The average molecular weight is 355 g/mol. The maximum atomic E-state index is 10.9. The predicted molar refractivity (Wildman–Crippen MR) is 102 cm³/mol. The molecule has 0 fully saturated rings. The Labute approximate surface area is 147 Å². The van der Waals surface area contributed by atoms with Crippen LogP contribution in [0.1, 0.15) is 65.0 Å². The van der Waals surface area contributed by atoms with Crippen molar-refractivity contribution >= 4 is 26.2 Å². The number of hydrogen-bond acceptors (Lipinski definition) is 2. The number of halogens is 1. The minimum absolute atomic E-state index is 0.530. The van der Waals surface area contributed by atoms with Crippen LogP contribution in [0.5, 0.6) is 5.75 Å². The first-order chi connectivity index (χ1) is 10.7. The third-order valence-electron chi connectivity index (χ3n) is 4.90. The third kappa shape index (κ3) is 4.19. The molecule has 1 aromatic carbocycles. The average Bonchev–Trinajstić information content (AvgIpc) is 2.50. The monoisotopic (exact) mass is 354 g/mol. The lowest BCUT2D eigenvalue weighted by Crippen LogP contribution is -2.50. The number of aldehydes is 1. The molecule has 0 heterocycles. The molecule has 0 bridgehead atoms. The van der Waals surface area contributed by atoms with Crippen LogP contribution in [0.25, 0.3) is 0 Å². The van der Waals surface area contributed by atoms with Crippen LogP contribution in [0, 0.1) is 0 Å². The van der Waals surface area contributed by atoms with Gasteiger partial charge in [0.2, 0.25) is 0 Å². The van der Waals surface area contributed by atoms with E-state index in [2.05, 4.69) is 48.5 Å². The summed E-state index contributed by atoms with van der Waals surface area (Å²) in [5, 5.41) is -0.586. The summed E-state index contributed by atoms with van der Waals surface area (Å²) in [6.07, 6.45) is 1.64. The van der Waals surface area contributed by atoms with Crippen molar-refractivity contribution < 1.29 is 9.22 Å². The molecule has 0 radical (unpaired) electrons. The molecule has 1 aromatic rings. The maximum Gasteiger partial charge on any atom is 0.258 e. The van der Waals surface area contributed by atoms with E-state index in [0.29, 0.717) is 16.6 Å². The van der Waals surface area contributed by atoms with E-state index >= 15 is 0 Å². The van der Waals surface area contributed by atoms with Crippen LogP contribution >= 0.6 is 11.6 Å². The van der Waals surface area contributed by atoms with E-state index < -0.39 is 13.7 Å². The van der Waals surface area contributed by atoms with Crippen LogP contribution in [0.4, 0.5) is 0 Å². The van der Waals surface area contributed by atoms with E-state index in [1.54, 1.807) is 0 Å². The van der Waals surface area contributed by atoms with Crippen molar-refractivity contribution in [3.8, 4) is 5.75 Å². The number of alkyl halides is 1. The van der Waals surface area contributed by atoms with Gasteiger partial charge in [0.25, 0.3) is 8.32 Å². The molecule has 4 heteroatoms. The first-order valence-electron chi connectivity index (χ1n) is 8.61. The summed E-state index contributed by atoms with van der Waals surface area (Å²) >= 11 is 6.06. The molecule has 1 rings (SSSR count). The molecule has 0 aliphatic rings. The number of rotatable bonds is 8. The summed E-state index contributed by atoms with van der Waals surface area (Å²) in [5.41, 5.74) is 3.57. The standard InChI is InChI=1S/C19H31ClO2Si/c1-8-16-11-17(18(20)12-21)9-10-19(16)22-23(13(2)3,14(4)5)15(6)7/h9-15,18H,8H2,1-7H3. The molecule has 0 amide bonds. The highest BCUT2D eigenvalue weighted by Crippen LogP contribution is 2.43. The molecule has 1 unspecified atom stereocenters. The summed E-state index contributed by atoms with van der Waals surface area (Å²) in [5.74, 6) is 0.966. The highest BCUT2D eigenvalue weighted by molar-refractivity contribution is 6.78. The Morgan fingerprint density at radius 2 is 1.61 bits per heavy atom. The number of benzene rings is 1. The lowest BCUT2D eigenvalue weighted by molar-refractivity contribution is -0.107. The summed E-state index contributed by atoms with van der Waals surface area (Å²) in [7, 11) is -1.97. The molecular weight excluding hydrogens is 324 g/mol. The van der Waals surface area contributed by atoms with E-state index in [1.165, 1.54) is 0 Å². The van der Waals surface area contributed by atoms with Crippen molar-refractivity contribution in [2.75, 3.05) is 0 Å². The van der Waals surface area contributed by atoms with Crippen LogP contribution in [-0.4, -0.2) is 14.6 Å². The Kier molecular flexibility index (Phi) is 7.34. The molecule has 0 aromatic heterocycles. The number of carbonyl (C=O) groups is 1. The molecule has 130 valence electrons. The molecule has 0 saturated heterocycles. The van der Waals surface area contributed by atoms with Crippen molar-refractivity contribution in [1.82, 2.24) is 0 Å². The summed E-state index contributed by atoms with van der Waals surface area (Å²) in [6, 6.07) is 5.93. The SMILES string of the molecule is CCc1cc(C(Cl)C=O)ccc1O[Si](C(C)C)(C(C)C)C(C)C. The third-order valence-corrected chi connectivity index (χ3v) is 11.2. The minimum atomic E-state index is -1.97. The molecule has 23 heavy (non-hydrogen) atoms. The molecule has 0 saturated carbocycles. The second-order valence-corrected chi connectivity index (χ2v) is 13.0. The summed E-state index contributed by atoms with van der Waals surface area (Å²) < 4.78 is 6.78. The second kappa shape index (κ2) is 8.34. The molecule has 0 N–H and O–H groups in total. The quantitative estimate of drug-likeness (QED) is 0.312. The first kappa shape index (κ1) is 20.2. The van der Waals surface area contributed by atoms with E-state index in [9.17, 15) is 4.79 Å². The van der Waals surface area contributed by atoms with Gasteiger partial charge in [-0.3, -0.25) is 0 Å². The fraction of sp³-hybridized carbons (Fsp3) is 0.632. The molecule has 0 aliphatic heterocycles. The van der Waals surface area contributed by atoms with Gasteiger partial charge in [-0.15, -0.1) is 11.6 Å². The largest absolute Gasteiger partial charge is 0.543 e. The number of carbonyl (C=O) groups excluding carboxylic acids is 1. The van der Waals surface area contributed by atoms with Crippen molar-refractivity contribution in [2.45, 2.75) is 76.9 Å². The smallest absolute Gasteiger partial charge is 0.258 e. The van der Waals surface area contributed by atoms with Gasteiger partial charge in [0.05, 0.1) is 0 Å². The maximum absolute atomic E-state index is 10.9. The molecule has 2 nitrogen and oxygen atoms in total. The fourth-order valence-electron chi connectivity index (χ4n) is 3.77. The van der Waals surface area contributed by atoms with Gasteiger partial charge in [-0.05, 0) is 40.2 Å². The summed E-state index contributed by atoms with van der Waals surface area (Å²) in [6.45, 7) is 15.8. The first-order valence-corrected chi connectivity index (χ1v) is 11.2. The lowest BCUT2D eigenvalue weighted by Gasteiger charge is -2.42. The van der Waals surface area contributed by atoms with Gasteiger partial charge in [0.15, 0.2) is 0 Å².